The van der Waals surface area contributed by atoms with Crippen molar-refractivity contribution in [1.82, 2.24) is 0 Å². The quantitative estimate of drug-likeness (QED) is 0.840. The number of benzene rings is 2. The molecule has 0 aliphatic carbocycles. The van der Waals surface area contributed by atoms with Crippen LogP contribution in [0.5, 0.6) is 0 Å². The smallest absolute Gasteiger partial charge is 0.368 e. The third-order valence-electron chi connectivity index (χ3n) is 4.60. The summed E-state index contributed by atoms with van der Waals surface area (Å²) < 4.78 is 61.2. The number of rotatable bonds is 3. The Kier molecular flexibility index (Phi) is 5.23. The van der Waals surface area contributed by atoms with Crippen LogP contribution in [0.2, 0.25) is 0 Å². The largest absolute Gasteiger partial charge is 0.416 e. The summed E-state index contributed by atoms with van der Waals surface area (Å²) in [5, 5.41) is 14.3. The summed E-state index contributed by atoms with van der Waals surface area (Å²) in [4.78, 5) is 3.92. The lowest BCUT2D eigenvalue weighted by molar-refractivity contribution is -0.137. The molecule has 0 radical (unpaired) electrons. The molecule has 0 aromatic heterocycles. The summed E-state index contributed by atoms with van der Waals surface area (Å²) in [5.74, 6) is 0. The first-order valence-electron chi connectivity index (χ1n) is 8.34. The Morgan fingerprint density at radius 2 is 1.54 bits per heavy atom. The zero-order valence-electron chi connectivity index (χ0n) is 14.6. The number of primary sulfonamides is 1. The molecule has 6 nitrogen and oxygen atoms in total. The molecule has 1 aliphatic heterocycles. The van der Waals surface area contributed by atoms with Crippen molar-refractivity contribution in [2.45, 2.75) is 11.1 Å². The average molecular weight is 410 g/mol. The van der Waals surface area contributed by atoms with E-state index in [0.29, 0.717) is 31.9 Å². The van der Waals surface area contributed by atoms with Crippen LogP contribution in [0.25, 0.3) is 0 Å². The Hall–Kier alpha value is -2.77. The fraction of sp³-hybridized carbons (Fsp3) is 0.278. The molecule has 10 heteroatoms. The first-order valence-corrected chi connectivity index (χ1v) is 9.88. The van der Waals surface area contributed by atoms with Crippen LogP contribution in [-0.2, 0) is 16.2 Å². The van der Waals surface area contributed by atoms with Crippen LogP contribution in [0, 0.1) is 11.3 Å². The average Bonchev–Trinajstić information content (AvgIpc) is 2.66. The van der Waals surface area contributed by atoms with Gasteiger partial charge in [0.1, 0.15) is 6.07 Å². The third-order valence-corrected chi connectivity index (χ3v) is 5.52. The molecule has 28 heavy (non-hydrogen) atoms. The molecular formula is C18H17F3N4O2S. The minimum absolute atomic E-state index is 0.0132. The van der Waals surface area contributed by atoms with E-state index in [-0.39, 0.29) is 10.5 Å². The predicted octanol–water partition coefficient (Wildman–Crippen LogP) is 2.55. The highest BCUT2D eigenvalue weighted by atomic mass is 32.2. The number of nitrogens with zero attached hydrogens (tertiary/aromatic N) is 3. The van der Waals surface area contributed by atoms with E-state index in [0.717, 1.165) is 17.8 Å². The van der Waals surface area contributed by atoms with Crippen molar-refractivity contribution in [2.24, 2.45) is 5.14 Å². The second-order valence-electron chi connectivity index (χ2n) is 6.35. The Morgan fingerprint density at radius 1 is 0.964 bits per heavy atom. The van der Waals surface area contributed by atoms with Crippen molar-refractivity contribution in [3.05, 3.63) is 53.6 Å². The van der Waals surface area contributed by atoms with Gasteiger partial charge >= 0.3 is 6.18 Å². The van der Waals surface area contributed by atoms with Gasteiger partial charge in [0.05, 0.1) is 21.7 Å². The number of nitrogens with two attached hydrogens (primary N) is 1. The molecule has 3 rings (SSSR count). The van der Waals surface area contributed by atoms with Gasteiger partial charge < -0.3 is 9.80 Å². The summed E-state index contributed by atoms with van der Waals surface area (Å²) in [7, 11) is -3.75. The Balaban J connectivity index is 1.73. The number of alkyl halides is 3. The van der Waals surface area contributed by atoms with Crippen LogP contribution in [0.3, 0.4) is 0 Å². The summed E-state index contributed by atoms with van der Waals surface area (Å²) in [5.41, 5.74) is 0.432. The molecule has 0 spiro atoms. The van der Waals surface area contributed by atoms with Crippen molar-refractivity contribution < 1.29 is 21.6 Å². The fourth-order valence-electron chi connectivity index (χ4n) is 3.13. The molecule has 0 amide bonds. The van der Waals surface area contributed by atoms with Crippen molar-refractivity contribution in [3.63, 3.8) is 0 Å². The van der Waals surface area contributed by atoms with Crippen molar-refractivity contribution in [1.29, 1.82) is 5.26 Å². The summed E-state index contributed by atoms with van der Waals surface area (Å²) in [6.45, 7) is 2.16. The van der Waals surface area contributed by atoms with Gasteiger partial charge in [-0.05, 0) is 42.5 Å². The molecule has 0 unspecified atom stereocenters. The molecule has 2 aromatic rings. The number of anilines is 2. The topological polar surface area (TPSA) is 90.4 Å². The van der Waals surface area contributed by atoms with Crippen molar-refractivity contribution >= 4 is 21.4 Å². The van der Waals surface area contributed by atoms with Crippen LogP contribution in [0.4, 0.5) is 24.5 Å². The van der Waals surface area contributed by atoms with Gasteiger partial charge in [-0.1, -0.05) is 0 Å². The second-order valence-corrected chi connectivity index (χ2v) is 7.92. The number of nitriles is 1. The molecule has 1 fully saturated rings. The van der Waals surface area contributed by atoms with Gasteiger partial charge in [-0.3, -0.25) is 0 Å². The number of sulfonamides is 1. The number of hydrogen-bond acceptors (Lipinski definition) is 5. The molecule has 1 aliphatic rings. The minimum Gasteiger partial charge on any atom is -0.368 e. The van der Waals surface area contributed by atoms with E-state index in [1.165, 1.54) is 18.2 Å². The Morgan fingerprint density at radius 3 is 2.04 bits per heavy atom. The van der Waals surface area contributed by atoms with Crippen LogP contribution >= 0.6 is 0 Å². The van der Waals surface area contributed by atoms with Crippen LogP contribution in [0.15, 0.2) is 47.4 Å². The van der Waals surface area contributed by atoms with Crippen LogP contribution in [0.1, 0.15) is 11.1 Å². The second kappa shape index (κ2) is 7.33. The Labute approximate surface area is 160 Å². The van der Waals surface area contributed by atoms with E-state index in [1.807, 2.05) is 15.9 Å². The number of hydrogen-bond donors (Lipinski definition) is 1. The van der Waals surface area contributed by atoms with Crippen molar-refractivity contribution in [3.8, 4) is 6.07 Å². The lowest BCUT2D eigenvalue weighted by Gasteiger charge is -2.37. The van der Waals surface area contributed by atoms with E-state index >= 15 is 0 Å². The summed E-state index contributed by atoms with van der Waals surface area (Å²) >= 11 is 0. The number of piperazine rings is 1. The van der Waals surface area contributed by atoms with E-state index in [4.69, 9.17) is 5.14 Å². The van der Waals surface area contributed by atoms with Crippen molar-refractivity contribution in [2.75, 3.05) is 36.0 Å². The first kappa shape index (κ1) is 20.0. The van der Waals surface area contributed by atoms with E-state index in [9.17, 15) is 26.9 Å². The van der Waals surface area contributed by atoms with Gasteiger partial charge in [0.2, 0.25) is 10.0 Å². The molecular weight excluding hydrogens is 393 g/mol. The normalized spacial score (nSPS) is 15.4. The van der Waals surface area contributed by atoms with E-state index in [1.54, 1.807) is 12.1 Å². The standard InChI is InChI=1S/C18H17F3N4O2S/c19-18(20,21)14-1-6-17(13(11-14)12-22)25-9-7-24(8-10-25)15-2-4-16(5-3-15)28(23,26)27/h1-6,11H,7-10H2,(H2,23,26,27). The molecule has 0 bridgehead atoms. The van der Waals surface area contributed by atoms with E-state index < -0.39 is 21.8 Å². The minimum atomic E-state index is -4.49. The van der Waals surface area contributed by atoms with Gasteiger partial charge in [0, 0.05) is 31.9 Å². The molecule has 148 valence electrons. The van der Waals surface area contributed by atoms with Gasteiger partial charge in [-0.2, -0.15) is 18.4 Å². The molecule has 0 atom stereocenters. The van der Waals surface area contributed by atoms with Crippen LogP contribution < -0.4 is 14.9 Å². The molecule has 1 saturated heterocycles. The van der Waals surface area contributed by atoms with Gasteiger partial charge in [0.25, 0.3) is 0 Å². The maximum absolute atomic E-state index is 12.8. The molecule has 2 N–H and O–H groups in total. The highest BCUT2D eigenvalue weighted by Crippen LogP contribution is 2.33. The molecule has 2 aromatic carbocycles. The summed E-state index contributed by atoms with van der Waals surface area (Å²) in [6.07, 6.45) is -4.49. The maximum atomic E-state index is 12.8. The third kappa shape index (κ3) is 4.21. The maximum Gasteiger partial charge on any atom is 0.416 e. The SMILES string of the molecule is N#Cc1cc(C(F)(F)F)ccc1N1CCN(c2ccc(S(N)(=O)=O)cc2)CC1. The highest BCUT2D eigenvalue weighted by Gasteiger charge is 2.31. The number of halogens is 3. The van der Waals surface area contributed by atoms with Gasteiger partial charge in [-0.15, -0.1) is 0 Å². The van der Waals surface area contributed by atoms with Gasteiger partial charge in [0.15, 0.2) is 0 Å². The monoisotopic (exact) mass is 410 g/mol. The fourth-order valence-corrected chi connectivity index (χ4v) is 3.65. The molecule has 0 saturated carbocycles. The Bertz CT molecular complexity index is 1010. The highest BCUT2D eigenvalue weighted by molar-refractivity contribution is 7.89. The van der Waals surface area contributed by atoms with Crippen LogP contribution in [-0.4, -0.2) is 34.6 Å². The first-order chi connectivity index (χ1) is 13.1. The van der Waals surface area contributed by atoms with E-state index in [2.05, 4.69) is 0 Å². The lowest BCUT2D eigenvalue weighted by Crippen LogP contribution is -2.46. The zero-order chi connectivity index (χ0) is 20.5. The summed E-state index contributed by atoms with van der Waals surface area (Å²) in [6, 6.07) is 11.2. The zero-order valence-corrected chi connectivity index (χ0v) is 15.5. The molecule has 1 heterocycles. The van der Waals surface area contributed by atoms with Gasteiger partial charge in [-0.25, -0.2) is 13.6 Å². The lowest BCUT2D eigenvalue weighted by atomic mass is 10.1. The predicted molar refractivity (Wildman–Crippen MR) is 98.4 cm³/mol.